The van der Waals surface area contributed by atoms with Gasteiger partial charge in [0.05, 0.1) is 6.10 Å². The highest BCUT2D eigenvalue weighted by Crippen LogP contribution is 2.36. The molecule has 1 N–H and O–H groups in total. The van der Waals surface area contributed by atoms with Gasteiger partial charge in [0, 0.05) is 16.9 Å². The zero-order valence-corrected chi connectivity index (χ0v) is 12.9. The van der Waals surface area contributed by atoms with Crippen molar-refractivity contribution < 1.29 is 9.53 Å². The molecule has 1 amide bonds. The minimum Gasteiger partial charge on any atom is -0.491 e. The van der Waals surface area contributed by atoms with Crippen molar-refractivity contribution in [2.24, 2.45) is 5.92 Å². The maximum Gasteiger partial charge on any atom is 0.251 e. The molecule has 0 saturated heterocycles. The van der Waals surface area contributed by atoms with Gasteiger partial charge in [-0.3, -0.25) is 4.79 Å². The molecule has 0 heterocycles. The van der Waals surface area contributed by atoms with Gasteiger partial charge in [-0.05, 0) is 50.8 Å². The lowest BCUT2D eigenvalue weighted by Crippen LogP contribution is -2.30. The molecule has 1 unspecified atom stereocenters. The van der Waals surface area contributed by atoms with Gasteiger partial charge in [0.2, 0.25) is 0 Å². The quantitative estimate of drug-likeness (QED) is 0.814. The average Bonchev–Trinajstić information content (AvgIpc) is 3.19. The Kier molecular flexibility index (Phi) is 4.86. The Balaban J connectivity index is 1.90. The Labute approximate surface area is 122 Å². The molecule has 2 rings (SSSR count). The number of hydrogen-bond donors (Lipinski definition) is 1. The van der Waals surface area contributed by atoms with Crippen LogP contribution in [-0.2, 0) is 0 Å². The molecule has 0 bridgehead atoms. The van der Waals surface area contributed by atoms with Crippen LogP contribution in [0.1, 0.15) is 37.0 Å². The van der Waals surface area contributed by atoms with E-state index in [0.29, 0.717) is 16.9 Å². The maximum atomic E-state index is 12.0. The van der Waals surface area contributed by atoms with Gasteiger partial charge in [0.15, 0.2) is 0 Å². The number of carbonyl (C=O) groups excluding carboxylic acids is 1. The second-order valence-corrected chi connectivity index (χ2v) is 6.43. The second kappa shape index (κ2) is 6.42. The first kappa shape index (κ1) is 14.4. The Morgan fingerprint density at radius 1 is 1.47 bits per heavy atom. The molecule has 3 nitrogen and oxygen atoms in total. The fraction of sp³-hybridized carbons (Fsp3) is 0.533. The van der Waals surface area contributed by atoms with Crippen LogP contribution in [0.5, 0.6) is 5.75 Å². The van der Waals surface area contributed by atoms with Crippen LogP contribution in [0.2, 0.25) is 0 Å². The van der Waals surface area contributed by atoms with Crippen molar-refractivity contribution in [3.63, 3.8) is 0 Å². The van der Waals surface area contributed by atoms with E-state index in [-0.39, 0.29) is 12.0 Å². The predicted molar refractivity (Wildman–Crippen MR) is 80.0 cm³/mol. The van der Waals surface area contributed by atoms with Gasteiger partial charge >= 0.3 is 0 Å². The number of hydrogen-bond acceptors (Lipinski definition) is 2. The van der Waals surface area contributed by atoms with Crippen LogP contribution in [0.3, 0.4) is 0 Å². The number of rotatable bonds is 6. The Morgan fingerprint density at radius 2 is 2.21 bits per heavy atom. The van der Waals surface area contributed by atoms with Gasteiger partial charge < -0.3 is 10.1 Å². The molecule has 0 radical (unpaired) electrons. The third-order valence-electron chi connectivity index (χ3n) is 3.06. The summed E-state index contributed by atoms with van der Waals surface area (Å²) in [6.07, 6.45) is 2.65. The highest BCUT2D eigenvalue weighted by atomic mass is 79.9. The van der Waals surface area contributed by atoms with E-state index in [1.54, 1.807) is 6.07 Å². The lowest BCUT2D eigenvalue weighted by atomic mass is 10.2. The molecule has 1 aliphatic carbocycles. The molecule has 104 valence electrons. The Bertz CT molecular complexity index is 444. The van der Waals surface area contributed by atoms with Gasteiger partial charge in [0.25, 0.3) is 5.91 Å². The topological polar surface area (TPSA) is 38.3 Å². The van der Waals surface area contributed by atoms with E-state index >= 15 is 0 Å². The molecule has 1 fully saturated rings. The standard InChI is InChI=1S/C15H20BrNO2/c1-10(2)19-13-5-3-4-12(8-13)15(18)17-9-14(16)11-6-7-11/h3-5,8,10-11,14H,6-7,9H2,1-2H3,(H,17,18). The molecule has 1 aromatic rings. The molecule has 0 spiro atoms. The van der Waals surface area contributed by atoms with Gasteiger partial charge in [-0.15, -0.1) is 0 Å². The number of nitrogens with one attached hydrogen (secondary N) is 1. The molecule has 1 aliphatic rings. The van der Waals surface area contributed by atoms with Crippen LogP contribution in [0, 0.1) is 5.92 Å². The normalized spacial score (nSPS) is 16.2. The van der Waals surface area contributed by atoms with Crippen molar-refractivity contribution in [3.8, 4) is 5.75 Å². The van der Waals surface area contributed by atoms with Crippen molar-refractivity contribution in [3.05, 3.63) is 29.8 Å². The van der Waals surface area contributed by atoms with Crippen molar-refractivity contribution in [1.29, 1.82) is 0 Å². The first-order valence-electron chi connectivity index (χ1n) is 6.75. The first-order valence-corrected chi connectivity index (χ1v) is 7.67. The summed E-state index contributed by atoms with van der Waals surface area (Å²) < 4.78 is 5.59. The fourth-order valence-corrected chi connectivity index (χ4v) is 2.59. The number of halogens is 1. The summed E-state index contributed by atoms with van der Waals surface area (Å²) in [5.41, 5.74) is 0.647. The Hall–Kier alpha value is -1.03. The van der Waals surface area contributed by atoms with Crippen molar-refractivity contribution in [1.82, 2.24) is 5.32 Å². The summed E-state index contributed by atoms with van der Waals surface area (Å²) in [5, 5.41) is 2.96. The monoisotopic (exact) mass is 325 g/mol. The van der Waals surface area contributed by atoms with Crippen molar-refractivity contribution in [2.75, 3.05) is 6.54 Å². The van der Waals surface area contributed by atoms with Gasteiger partial charge in [-0.2, -0.15) is 0 Å². The van der Waals surface area contributed by atoms with Crippen LogP contribution in [0.25, 0.3) is 0 Å². The molecular weight excluding hydrogens is 306 g/mol. The SMILES string of the molecule is CC(C)Oc1cccc(C(=O)NCC(Br)C2CC2)c1. The lowest BCUT2D eigenvalue weighted by molar-refractivity contribution is 0.0952. The second-order valence-electron chi connectivity index (χ2n) is 5.26. The molecule has 1 atom stereocenters. The maximum absolute atomic E-state index is 12.0. The van der Waals surface area contributed by atoms with E-state index in [1.165, 1.54) is 12.8 Å². The molecule has 1 aromatic carbocycles. The minimum absolute atomic E-state index is 0.0423. The molecule has 0 aromatic heterocycles. The fourth-order valence-electron chi connectivity index (χ4n) is 1.90. The molecular formula is C15H20BrNO2. The minimum atomic E-state index is -0.0423. The molecule has 0 aliphatic heterocycles. The summed E-state index contributed by atoms with van der Waals surface area (Å²) in [7, 11) is 0. The largest absolute Gasteiger partial charge is 0.491 e. The molecule has 19 heavy (non-hydrogen) atoms. The van der Waals surface area contributed by atoms with Crippen molar-refractivity contribution >= 4 is 21.8 Å². The number of amides is 1. The smallest absolute Gasteiger partial charge is 0.251 e. The van der Waals surface area contributed by atoms with Crippen LogP contribution in [0.4, 0.5) is 0 Å². The predicted octanol–water partition coefficient (Wildman–Crippen LogP) is 3.38. The zero-order chi connectivity index (χ0) is 13.8. The molecule has 1 saturated carbocycles. The van der Waals surface area contributed by atoms with Crippen LogP contribution in [0.15, 0.2) is 24.3 Å². The van der Waals surface area contributed by atoms with E-state index < -0.39 is 0 Å². The highest BCUT2D eigenvalue weighted by molar-refractivity contribution is 9.09. The number of ether oxygens (including phenoxy) is 1. The summed E-state index contributed by atoms with van der Waals surface area (Å²) in [4.78, 5) is 12.4. The Morgan fingerprint density at radius 3 is 2.84 bits per heavy atom. The van der Waals surface area contributed by atoms with Crippen LogP contribution in [-0.4, -0.2) is 23.4 Å². The third-order valence-corrected chi connectivity index (χ3v) is 4.13. The number of alkyl halides is 1. The van der Waals surface area contributed by atoms with E-state index in [2.05, 4.69) is 21.2 Å². The highest BCUT2D eigenvalue weighted by Gasteiger charge is 2.29. The van der Waals surface area contributed by atoms with Crippen molar-refractivity contribution in [2.45, 2.75) is 37.6 Å². The number of benzene rings is 1. The van der Waals surface area contributed by atoms with E-state index in [0.717, 1.165) is 11.7 Å². The lowest BCUT2D eigenvalue weighted by Gasteiger charge is -2.12. The van der Waals surface area contributed by atoms with Gasteiger partial charge in [-0.25, -0.2) is 0 Å². The summed E-state index contributed by atoms with van der Waals surface area (Å²) in [5.74, 6) is 1.43. The van der Waals surface area contributed by atoms with Gasteiger partial charge in [-0.1, -0.05) is 22.0 Å². The van der Waals surface area contributed by atoms with E-state index in [1.807, 2.05) is 32.0 Å². The summed E-state index contributed by atoms with van der Waals surface area (Å²) >= 11 is 3.61. The van der Waals surface area contributed by atoms with Crippen LogP contribution >= 0.6 is 15.9 Å². The van der Waals surface area contributed by atoms with E-state index in [9.17, 15) is 4.79 Å². The van der Waals surface area contributed by atoms with E-state index in [4.69, 9.17) is 4.74 Å². The first-order chi connectivity index (χ1) is 9.06. The average molecular weight is 326 g/mol. The van der Waals surface area contributed by atoms with Gasteiger partial charge in [0.1, 0.15) is 5.75 Å². The molecule has 4 heteroatoms. The van der Waals surface area contributed by atoms with Crippen LogP contribution < -0.4 is 10.1 Å². The third kappa shape index (κ3) is 4.53. The summed E-state index contributed by atoms with van der Waals surface area (Å²) in [6.45, 7) is 4.62. The zero-order valence-electron chi connectivity index (χ0n) is 11.4. The number of carbonyl (C=O) groups is 1. The summed E-state index contributed by atoms with van der Waals surface area (Å²) in [6, 6.07) is 7.31.